The van der Waals surface area contributed by atoms with Gasteiger partial charge in [0.15, 0.2) is 0 Å². The Labute approximate surface area is 199 Å². The molecule has 0 saturated carbocycles. The van der Waals surface area contributed by atoms with Gasteiger partial charge in [-0.25, -0.2) is 4.39 Å². The number of carbonyl (C=O) groups excluding carboxylic acids is 2. The molecule has 1 aliphatic heterocycles. The van der Waals surface area contributed by atoms with Crippen molar-refractivity contribution < 1.29 is 14.0 Å². The van der Waals surface area contributed by atoms with Crippen LogP contribution in [0.3, 0.4) is 0 Å². The molecule has 4 rings (SSSR count). The summed E-state index contributed by atoms with van der Waals surface area (Å²) in [5, 5.41) is 3.41. The Hall–Kier alpha value is -3.29. The fraction of sp³-hybridized carbons (Fsp3) is 0.333. The van der Waals surface area contributed by atoms with Gasteiger partial charge in [0.05, 0.1) is 5.41 Å². The number of rotatable bonds is 7. The SMILES string of the molecule is NC(=O)C1=CC=CC(Cc2ccc(F)c(-c3cccc(CN4CCCNCC4)c3)c2)(C(N)=O)C1. The number of carbonyl (C=O) groups is 2. The van der Waals surface area contributed by atoms with Crippen LogP contribution in [0.4, 0.5) is 4.39 Å². The largest absolute Gasteiger partial charge is 0.369 e. The summed E-state index contributed by atoms with van der Waals surface area (Å²) in [6, 6.07) is 12.8. The van der Waals surface area contributed by atoms with Gasteiger partial charge in [-0.15, -0.1) is 0 Å². The van der Waals surface area contributed by atoms with Crippen molar-refractivity contribution in [3.63, 3.8) is 0 Å². The van der Waals surface area contributed by atoms with Crippen LogP contribution in [0.5, 0.6) is 0 Å². The van der Waals surface area contributed by atoms with Crippen LogP contribution in [0.15, 0.2) is 66.3 Å². The lowest BCUT2D eigenvalue weighted by molar-refractivity contribution is -0.125. The topological polar surface area (TPSA) is 101 Å². The fourth-order valence-corrected chi connectivity index (χ4v) is 4.78. The molecule has 1 heterocycles. The van der Waals surface area contributed by atoms with Crippen molar-refractivity contribution in [2.24, 2.45) is 16.9 Å². The molecule has 1 saturated heterocycles. The van der Waals surface area contributed by atoms with Crippen molar-refractivity contribution in [1.29, 1.82) is 0 Å². The van der Waals surface area contributed by atoms with Crippen LogP contribution >= 0.6 is 0 Å². The van der Waals surface area contributed by atoms with Gasteiger partial charge in [-0.3, -0.25) is 14.5 Å². The molecule has 0 radical (unpaired) electrons. The van der Waals surface area contributed by atoms with Crippen molar-refractivity contribution in [2.45, 2.75) is 25.8 Å². The molecule has 0 aromatic heterocycles. The second-order valence-electron chi connectivity index (χ2n) is 9.18. The predicted molar refractivity (Wildman–Crippen MR) is 131 cm³/mol. The van der Waals surface area contributed by atoms with Crippen LogP contribution in [0, 0.1) is 11.2 Å². The smallest absolute Gasteiger partial charge is 0.244 e. The van der Waals surface area contributed by atoms with Gasteiger partial charge in [-0.1, -0.05) is 42.5 Å². The minimum atomic E-state index is -1.09. The van der Waals surface area contributed by atoms with Crippen LogP contribution in [-0.2, 0) is 22.6 Å². The number of primary amides is 2. The maximum atomic E-state index is 14.9. The van der Waals surface area contributed by atoms with E-state index in [1.54, 1.807) is 30.4 Å². The van der Waals surface area contributed by atoms with Crippen molar-refractivity contribution in [3.8, 4) is 11.1 Å². The molecular weight excluding hydrogens is 431 g/mol. The van der Waals surface area contributed by atoms with E-state index in [1.807, 2.05) is 18.2 Å². The average Bonchev–Trinajstić information content (AvgIpc) is 3.09. The van der Waals surface area contributed by atoms with Crippen molar-refractivity contribution in [1.82, 2.24) is 10.2 Å². The molecule has 1 aliphatic carbocycles. The highest BCUT2D eigenvalue weighted by Gasteiger charge is 2.37. The highest BCUT2D eigenvalue weighted by molar-refractivity contribution is 5.95. The summed E-state index contributed by atoms with van der Waals surface area (Å²) in [6.45, 7) is 4.84. The first kappa shape index (κ1) is 23.9. The summed E-state index contributed by atoms with van der Waals surface area (Å²) in [4.78, 5) is 26.5. The first-order valence-electron chi connectivity index (χ1n) is 11.7. The number of amides is 2. The standard InChI is InChI=1S/C27H31FN4O2/c28-24-8-7-19(16-27(26(30)34)9-2-6-22(17-27)25(29)33)15-23(24)21-5-1-4-20(14-21)18-32-12-3-10-31-11-13-32/h1-2,4-9,14-15,31H,3,10-13,16-18H2,(H2,29,33)(H2,30,34). The van der Waals surface area contributed by atoms with Crippen LogP contribution in [-0.4, -0.2) is 42.9 Å². The molecule has 34 heavy (non-hydrogen) atoms. The number of halogens is 1. The number of nitrogens with zero attached hydrogens (tertiary/aromatic N) is 1. The predicted octanol–water partition coefficient (Wildman–Crippen LogP) is 2.67. The second-order valence-corrected chi connectivity index (χ2v) is 9.18. The molecule has 1 atom stereocenters. The lowest BCUT2D eigenvalue weighted by Gasteiger charge is -2.30. The van der Waals surface area contributed by atoms with E-state index < -0.39 is 17.2 Å². The molecular formula is C27H31FN4O2. The quantitative estimate of drug-likeness (QED) is 0.589. The maximum Gasteiger partial charge on any atom is 0.244 e. The van der Waals surface area contributed by atoms with E-state index in [0.717, 1.165) is 55.8 Å². The number of hydrogen-bond acceptors (Lipinski definition) is 4. The van der Waals surface area contributed by atoms with E-state index in [2.05, 4.69) is 16.3 Å². The van der Waals surface area contributed by atoms with Crippen LogP contribution in [0.25, 0.3) is 11.1 Å². The minimum Gasteiger partial charge on any atom is -0.369 e. The zero-order chi connectivity index (χ0) is 24.1. The number of hydrogen-bond donors (Lipinski definition) is 3. The van der Waals surface area contributed by atoms with Gasteiger partial charge in [0.2, 0.25) is 11.8 Å². The van der Waals surface area contributed by atoms with Gasteiger partial charge in [0.1, 0.15) is 5.82 Å². The molecule has 2 amide bonds. The Bertz CT molecular complexity index is 1140. The van der Waals surface area contributed by atoms with Gasteiger partial charge < -0.3 is 16.8 Å². The second kappa shape index (κ2) is 10.3. The molecule has 2 aromatic rings. The third kappa shape index (κ3) is 5.43. The third-order valence-corrected chi connectivity index (χ3v) is 6.65. The molecule has 7 heteroatoms. The number of benzene rings is 2. The van der Waals surface area contributed by atoms with Gasteiger partial charge in [-0.05, 0) is 67.2 Å². The normalized spacial score (nSPS) is 21.0. The minimum absolute atomic E-state index is 0.126. The van der Waals surface area contributed by atoms with Crippen molar-refractivity contribution in [2.75, 3.05) is 26.2 Å². The highest BCUT2D eigenvalue weighted by atomic mass is 19.1. The van der Waals surface area contributed by atoms with E-state index in [-0.39, 0.29) is 18.7 Å². The molecule has 2 aliphatic rings. The van der Waals surface area contributed by atoms with E-state index in [9.17, 15) is 14.0 Å². The van der Waals surface area contributed by atoms with Gasteiger partial charge in [-0.2, -0.15) is 0 Å². The Morgan fingerprint density at radius 2 is 1.91 bits per heavy atom. The molecule has 6 nitrogen and oxygen atoms in total. The molecule has 178 valence electrons. The van der Waals surface area contributed by atoms with E-state index in [4.69, 9.17) is 11.5 Å². The van der Waals surface area contributed by atoms with Gasteiger partial charge >= 0.3 is 0 Å². The Balaban J connectivity index is 1.59. The zero-order valence-corrected chi connectivity index (χ0v) is 19.2. The summed E-state index contributed by atoms with van der Waals surface area (Å²) in [7, 11) is 0. The fourth-order valence-electron chi connectivity index (χ4n) is 4.78. The lowest BCUT2D eigenvalue weighted by atomic mass is 9.73. The van der Waals surface area contributed by atoms with Crippen LogP contribution in [0.2, 0.25) is 0 Å². The summed E-state index contributed by atoms with van der Waals surface area (Å²) >= 11 is 0. The Morgan fingerprint density at radius 3 is 2.71 bits per heavy atom. The summed E-state index contributed by atoms with van der Waals surface area (Å²) in [5.74, 6) is -1.45. The first-order chi connectivity index (χ1) is 16.4. The van der Waals surface area contributed by atoms with E-state index in [1.165, 1.54) is 6.07 Å². The summed E-state index contributed by atoms with van der Waals surface area (Å²) < 4.78 is 14.9. The van der Waals surface area contributed by atoms with Crippen LogP contribution < -0.4 is 16.8 Å². The third-order valence-electron chi connectivity index (χ3n) is 6.65. The summed E-state index contributed by atoms with van der Waals surface area (Å²) in [5.41, 5.74) is 13.6. The number of nitrogens with two attached hydrogens (primary N) is 2. The first-order valence-corrected chi connectivity index (χ1v) is 11.7. The van der Waals surface area contributed by atoms with Crippen molar-refractivity contribution in [3.05, 3.63) is 83.2 Å². The number of nitrogens with one attached hydrogen (secondary N) is 1. The zero-order valence-electron chi connectivity index (χ0n) is 19.2. The van der Waals surface area contributed by atoms with Gasteiger partial charge in [0.25, 0.3) is 0 Å². The van der Waals surface area contributed by atoms with Gasteiger partial charge in [0, 0.05) is 30.8 Å². The monoisotopic (exact) mass is 462 g/mol. The summed E-state index contributed by atoms with van der Waals surface area (Å²) in [6.07, 6.45) is 6.44. The van der Waals surface area contributed by atoms with Crippen LogP contribution in [0.1, 0.15) is 24.0 Å². The lowest BCUT2D eigenvalue weighted by Crippen LogP contribution is -2.40. The van der Waals surface area contributed by atoms with E-state index in [0.29, 0.717) is 11.1 Å². The molecule has 0 bridgehead atoms. The molecule has 2 aromatic carbocycles. The average molecular weight is 463 g/mol. The Morgan fingerprint density at radius 1 is 1.06 bits per heavy atom. The molecule has 0 spiro atoms. The number of allylic oxidation sites excluding steroid dienone is 2. The van der Waals surface area contributed by atoms with Crippen molar-refractivity contribution >= 4 is 11.8 Å². The maximum absolute atomic E-state index is 14.9. The van der Waals surface area contributed by atoms with E-state index >= 15 is 0 Å². The highest BCUT2D eigenvalue weighted by Crippen LogP contribution is 2.36. The molecule has 1 fully saturated rings. The molecule has 1 unspecified atom stereocenters. The molecule has 5 N–H and O–H groups in total. The Kier molecular flexibility index (Phi) is 7.24.